The number of ketones is 1. The summed E-state index contributed by atoms with van der Waals surface area (Å²) >= 11 is 0. The van der Waals surface area contributed by atoms with E-state index in [2.05, 4.69) is 11.9 Å². The molecule has 1 N–H and O–H groups in total. The van der Waals surface area contributed by atoms with Gasteiger partial charge in [0.05, 0.1) is 6.42 Å². The van der Waals surface area contributed by atoms with Crippen LogP contribution in [-0.4, -0.2) is 11.7 Å². The van der Waals surface area contributed by atoms with Gasteiger partial charge in [-0.15, -0.1) is 6.58 Å². The van der Waals surface area contributed by atoms with Crippen molar-refractivity contribution in [2.24, 2.45) is 5.41 Å². The molecule has 1 aromatic carbocycles. The molecule has 0 spiro atoms. The lowest BCUT2D eigenvalue weighted by Crippen LogP contribution is -2.23. The molecule has 1 aromatic rings. The third-order valence-electron chi connectivity index (χ3n) is 3.36. The van der Waals surface area contributed by atoms with Crippen LogP contribution in [0.4, 0.5) is 5.69 Å². The van der Waals surface area contributed by atoms with E-state index < -0.39 is 0 Å². The Hall–Kier alpha value is -1.90. The number of anilines is 1. The SMILES string of the molecule is C=CCC1(C(=O)CC(=O)Nc2ccccc2)CC1. The van der Waals surface area contributed by atoms with Gasteiger partial charge in [0.2, 0.25) is 5.91 Å². The van der Waals surface area contributed by atoms with Crippen LogP contribution in [0.2, 0.25) is 0 Å². The lowest BCUT2D eigenvalue weighted by atomic mass is 9.94. The van der Waals surface area contributed by atoms with Gasteiger partial charge in [-0.3, -0.25) is 9.59 Å². The Balaban J connectivity index is 1.88. The summed E-state index contributed by atoms with van der Waals surface area (Å²) < 4.78 is 0. The first-order valence-corrected chi connectivity index (χ1v) is 6.15. The van der Waals surface area contributed by atoms with Gasteiger partial charge >= 0.3 is 0 Å². The van der Waals surface area contributed by atoms with Crippen molar-refractivity contribution in [2.45, 2.75) is 25.7 Å². The predicted molar refractivity (Wildman–Crippen MR) is 71.2 cm³/mol. The molecule has 1 aliphatic rings. The summed E-state index contributed by atoms with van der Waals surface area (Å²) in [6.45, 7) is 3.66. The fourth-order valence-electron chi connectivity index (χ4n) is 2.08. The number of amides is 1. The van der Waals surface area contributed by atoms with Gasteiger partial charge in [-0.2, -0.15) is 0 Å². The van der Waals surface area contributed by atoms with Gasteiger partial charge in [0.25, 0.3) is 0 Å². The Morgan fingerprint density at radius 1 is 1.28 bits per heavy atom. The average Bonchev–Trinajstić information content (AvgIpc) is 3.11. The number of rotatable bonds is 6. The van der Waals surface area contributed by atoms with Crippen LogP contribution in [0.15, 0.2) is 43.0 Å². The maximum absolute atomic E-state index is 12.0. The second-order valence-corrected chi connectivity index (χ2v) is 4.79. The van der Waals surface area contributed by atoms with Crippen molar-refractivity contribution in [2.75, 3.05) is 5.32 Å². The first-order valence-electron chi connectivity index (χ1n) is 6.15. The van der Waals surface area contributed by atoms with Crippen molar-refractivity contribution in [1.29, 1.82) is 0 Å². The summed E-state index contributed by atoms with van der Waals surface area (Å²) in [4.78, 5) is 23.8. The number of para-hydroxylation sites is 1. The van der Waals surface area contributed by atoms with E-state index in [0.717, 1.165) is 18.5 Å². The first kappa shape index (κ1) is 12.6. The Labute approximate surface area is 107 Å². The molecular weight excluding hydrogens is 226 g/mol. The summed E-state index contributed by atoms with van der Waals surface area (Å²) in [6.07, 6.45) is 4.18. The van der Waals surface area contributed by atoms with Crippen molar-refractivity contribution in [3.05, 3.63) is 43.0 Å². The van der Waals surface area contributed by atoms with Crippen LogP contribution in [0.5, 0.6) is 0 Å². The van der Waals surface area contributed by atoms with Gasteiger partial charge in [0.15, 0.2) is 0 Å². The van der Waals surface area contributed by atoms with Crippen LogP contribution in [0, 0.1) is 5.41 Å². The van der Waals surface area contributed by atoms with Crippen LogP contribution < -0.4 is 5.32 Å². The second-order valence-electron chi connectivity index (χ2n) is 4.79. The highest BCUT2D eigenvalue weighted by Crippen LogP contribution is 2.50. The quantitative estimate of drug-likeness (QED) is 0.616. The van der Waals surface area contributed by atoms with Gasteiger partial charge < -0.3 is 5.32 Å². The molecule has 0 radical (unpaired) electrons. The van der Waals surface area contributed by atoms with Crippen molar-refractivity contribution in [1.82, 2.24) is 0 Å². The zero-order valence-electron chi connectivity index (χ0n) is 10.3. The van der Waals surface area contributed by atoms with Crippen LogP contribution in [0.1, 0.15) is 25.7 Å². The van der Waals surface area contributed by atoms with E-state index in [4.69, 9.17) is 0 Å². The molecule has 0 bridgehead atoms. The third-order valence-corrected chi connectivity index (χ3v) is 3.36. The van der Waals surface area contributed by atoms with E-state index in [-0.39, 0.29) is 23.5 Å². The molecule has 0 aliphatic heterocycles. The molecule has 1 aliphatic carbocycles. The lowest BCUT2D eigenvalue weighted by molar-refractivity contribution is -0.129. The first-order chi connectivity index (χ1) is 8.66. The maximum atomic E-state index is 12.0. The molecule has 3 nitrogen and oxygen atoms in total. The molecule has 1 fully saturated rings. The fraction of sp³-hybridized carbons (Fsp3) is 0.333. The molecule has 2 rings (SSSR count). The molecule has 1 saturated carbocycles. The molecule has 0 saturated heterocycles. The molecule has 0 heterocycles. The lowest BCUT2D eigenvalue weighted by Gasteiger charge is -2.11. The zero-order chi connectivity index (χ0) is 13.0. The molecule has 18 heavy (non-hydrogen) atoms. The summed E-state index contributed by atoms with van der Waals surface area (Å²) in [5, 5.41) is 2.73. The molecule has 0 aromatic heterocycles. The normalized spacial score (nSPS) is 15.8. The summed E-state index contributed by atoms with van der Waals surface area (Å²) in [5.74, 6) is -0.197. The zero-order valence-corrected chi connectivity index (χ0v) is 10.3. The number of Topliss-reactive ketones (excluding diaryl/α,β-unsaturated/α-hetero) is 1. The highest BCUT2D eigenvalue weighted by Gasteiger charge is 2.48. The van der Waals surface area contributed by atoms with Crippen LogP contribution in [0.3, 0.4) is 0 Å². The van der Waals surface area contributed by atoms with E-state index in [1.807, 2.05) is 18.2 Å². The van der Waals surface area contributed by atoms with Crippen molar-refractivity contribution < 1.29 is 9.59 Å². The third kappa shape index (κ3) is 2.86. The van der Waals surface area contributed by atoms with Gasteiger partial charge in [0.1, 0.15) is 5.78 Å². The predicted octanol–water partition coefficient (Wildman–Crippen LogP) is 2.94. The van der Waals surface area contributed by atoms with Crippen LogP contribution in [0.25, 0.3) is 0 Å². The second kappa shape index (κ2) is 5.17. The fourth-order valence-corrected chi connectivity index (χ4v) is 2.08. The minimum Gasteiger partial charge on any atom is -0.326 e. The molecule has 0 atom stereocenters. The Bertz CT molecular complexity index is 461. The number of nitrogens with one attached hydrogen (secondary N) is 1. The average molecular weight is 243 g/mol. The number of carbonyl (C=O) groups is 2. The standard InChI is InChI=1S/C15H17NO2/c1-2-8-15(9-10-15)13(17)11-14(18)16-12-6-4-3-5-7-12/h2-7H,1,8-11H2,(H,16,18). The molecule has 1 amide bonds. The van der Waals surface area contributed by atoms with Crippen LogP contribution in [-0.2, 0) is 9.59 Å². The minimum absolute atomic E-state index is 0.0378. The summed E-state index contributed by atoms with van der Waals surface area (Å²) in [5.41, 5.74) is 0.444. The number of hydrogen-bond donors (Lipinski definition) is 1. The molecule has 3 heteroatoms. The minimum atomic E-state index is -0.282. The van der Waals surface area contributed by atoms with Gasteiger partial charge in [-0.05, 0) is 31.4 Å². The molecular formula is C15H17NO2. The number of carbonyl (C=O) groups excluding carboxylic acids is 2. The van der Waals surface area contributed by atoms with Crippen molar-refractivity contribution in [3.63, 3.8) is 0 Å². The Morgan fingerprint density at radius 2 is 1.94 bits per heavy atom. The van der Waals surface area contributed by atoms with Crippen molar-refractivity contribution in [3.8, 4) is 0 Å². The topological polar surface area (TPSA) is 46.2 Å². The highest BCUT2D eigenvalue weighted by molar-refractivity contribution is 6.07. The Kier molecular flexibility index (Phi) is 3.60. The largest absolute Gasteiger partial charge is 0.326 e. The maximum Gasteiger partial charge on any atom is 0.231 e. The van der Waals surface area contributed by atoms with E-state index in [1.54, 1.807) is 18.2 Å². The Morgan fingerprint density at radius 3 is 2.50 bits per heavy atom. The molecule has 0 unspecified atom stereocenters. The molecule has 94 valence electrons. The highest BCUT2D eigenvalue weighted by atomic mass is 16.2. The van der Waals surface area contributed by atoms with Gasteiger partial charge in [-0.1, -0.05) is 24.3 Å². The van der Waals surface area contributed by atoms with E-state index >= 15 is 0 Å². The number of allylic oxidation sites excluding steroid dienone is 1. The van der Waals surface area contributed by atoms with Gasteiger partial charge in [0, 0.05) is 11.1 Å². The van der Waals surface area contributed by atoms with E-state index in [9.17, 15) is 9.59 Å². The number of benzene rings is 1. The van der Waals surface area contributed by atoms with Crippen LogP contribution >= 0.6 is 0 Å². The van der Waals surface area contributed by atoms with E-state index in [0.29, 0.717) is 6.42 Å². The summed E-state index contributed by atoms with van der Waals surface area (Å²) in [6, 6.07) is 9.18. The van der Waals surface area contributed by atoms with Crippen molar-refractivity contribution >= 4 is 17.4 Å². The number of hydrogen-bond acceptors (Lipinski definition) is 2. The smallest absolute Gasteiger partial charge is 0.231 e. The van der Waals surface area contributed by atoms with Gasteiger partial charge in [-0.25, -0.2) is 0 Å². The monoisotopic (exact) mass is 243 g/mol. The van der Waals surface area contributed by atoms with E-state index in [1.165, 1.54) is 0 Å². The summed E-state index contributed by atoms with van der Waals surface area (Å²) in [7, 11) is 0.